The summed E-state index contributed by atoms with van der Waals surface area (Å²) in [5.41, 5.74) is 3.00. The van der Waals surface area contributed by atoms with Crippen LogP contribution in [0.1, 0.15) is 46.1 Å². The van der Waals surface area contributed by atoms with Crippen LogP contribution < -0.4 is 5.32 Å². The first-order chi connectivity index (χ1) is 9.24. The molecule has 1 heterocycles. The van der Waals surface area contributed by atoms with Crippen molar-refractivity contribution in [3.05, 3.63) is 59.0 Å². The van der Waals surface area contributed by atoms with Crippen LogP contribution in [0.4, 0.5) is 0 Å². The summed E-state index contributed by atoms with van der Waals surface area (Å²) >= 11 is 0. The van der Waals surface area contributed by atoms with Crippen molar-refractivity contribution in [2.75, 3.05) is 0 Å². The van der Waals surface area contributed by atoms with Crippen molar-refractivity contribution in [1.29, 1.82) is 0 Å². The van der Waals surface area contributed by atoms with Gasteiger partial charge in [0.2, 0.25) is 0 Å². The highest BCUT2D eigenvalue weighted by Crippen LogP contribution is 2.30. The quantitative estimate of drug-likeness (QED) is 0.893. The highest BCUT2D eigenvalue weighted by molar-refractivity contribution is 5.94. The molecule has 0 spiro atoms. The van der Waals surface area contributed by atoms with E-state index in [0.717, 1.165) is 36.1 Å². The fraction of sp³-hybridized carbons (Fsp3) is 0.312. The van der Waals surface area contributed by atoms with Gasteiger partial charge in [-0.2, -0.15) is 0 Å². The van der Waals surface area contributed by atoms with Gasteiger partial charge in [0.1, 0.15) is 5.76 Å². The van der Waals surface area contributed by atoms with Gasteiger partial charge < -0.3 is 9.73 Å². The van der Waals surface area contributed by atoms with Crippen molar-refractivity contribution >= 4 is 5.91 Å². The zero-order chi connectivity index (χ0) is 13.2. The van der Waals surface area contributed by atoms with Gasteiger partial charge in [-0.25, -0.2) is 0 Å². The van der Waals surface area contributed by atoms with E-state index in [9.17, 15) is 4.79 Å². The van der Waals surface area contributed by atoms with E-state index >= 15 is 0 Å². The lowest BCUT2D eigenvalue weighted by molar-refractivity contribution is 0.0932. The van der Waals surface area contributed by atoms with Crippen molar-refractivity contribution in [3.63, 3.8) is 0 Å². The normalized spacial score (nSPS) is 17.8. The van der Waals surface area contributed by atoms with E-state index in [2.05, 4.69) is 5.32 Å². The monoisotopic (exact) mass is 255 g/mol. The van der Waals surface area contributed by atoms with E-state index in [1.54, 1.807) is 6.26 Å². The van der Waals surface area contributed by atoms with Crippen LogP contribution in [0.15, 0.2) is 41.0 Å². The van der Waals surface area contributed by atoms with Crippen LogP contribution in [-0.2, 0) is 6.42 Å². The summed E-state index contributed by atoms with van der Waals surface area (Å²) in [5.74, 6) is 1.000. The van der Waals surface area contributed by atoms with Crippen LogP contribution >= 0.6 is 0 Å². The summed E-state index contributed by atoms with van der Waals surface area (Å²) < 4.78 is 5.44. The Morgan fingerprint density at radius 2 is 2.05 bits per heavy atom. The minimum absolute atomic E-state index is 0.0148. The third kappa shape index (κ3) is 2.41. The molecule has 98 valence electrons. The van der Waals surface area contributed by atoms with Gasteiger partial charge in [0.15, 0.2) is 0 Å². The van der Waals surface area contributed by atoms with Crippen LogP contribution in [0, 0.1) is 6.92 Å². The second-order valence-corrected chi connectivity index (χ2v) is 5.08. The van der Waals surface area contributed by atoms with E-state index in [4.69, 9.17) is 4.42 Å². The molecule has 3 rings (SSSR count). The molecule has 1 atom stereocenters. The van der Waals surface area contributed by atoms with E-state index in [1.807, 2.05) is 37.3 Å². The van der Waals surface area contributed by atoms with Crippen LogP contribution in [0.25, 0.3) is 0 Å². The fourth-order valence-corrected chi connectivity index (χ4v) is 2.58. The Morgan fingerprint density at radius 3 is 2.84 bits per heavy atom. The topological polar surface area (TPSA) is 42.2 Å². The lowest BCUT2D eigenvalue weighted by atomic mass is 9.93. The molecule has 0 radical (unpaired) electrons. The summed E-state index contributed by atoms with van der Waals surface area (Å²) in [6.07, 6.45) is 4.71. The second kappa shape index (κ2) is 4.92. The van der Waals surface area contributed by atoms with Gasteiger partial charge in [-0.1, -0.05) is 17.7 Å². The molecule has 1 aliphatic carbocycles. The van der Waals surface area contributed by atoms with Crippen LogP contribution in [-0.4, -0.2) is 5.91 Å². The number of amides is 1. The summed E-state index contributed by atoms with van der Waals surface area (Å²) in [6, 6.07) is 9.69. The van der Waals surface area contributed by atoms with Crippen LogP contribution in [0.2, 0.25) is 0 Å². The molecule has 3 heteroatoms. The van der Waals surface area contributed by atoms with Gasteiger partial charge in [-0.3, -0.25) is 4.79 Å². The second-order valence-electron chi connectivity index (χ2n) is 5.08. The number of hydrogen-bond acceptors (Lipinski definition) is 2. The van der Waals surface area contributed by atoms with Gasteiger partial charge >= 0.3 is 0 Å². The Hall–Kier alpha value is -2.03. The molecular formula is C16H17NO2. The molecule has 0 aliphatic heterocycles. The number of rotatable bonds is 2. The molecule has 0 saturated heterocycles. The van der Waals surface area contributed by atoms with Gasteiger partial charge in [-0.05, 0) is 38.0 Å². The van der Waals surface area contributed by atoms with Crippen molar-refractivity contribution in [3.8, 4) is 0 Å². The molecule has 1 N–H and O–H groups in total. The summed E-state index contributed by atoms with van der Waals surface area (Å²) in [4.78, 5) is 12.2. The Labute approximate surface area is 112 Å². The predicted molar refractivity (Wildman–Crippen MR) is 73.0 cm³/mol. The average Bonchev–Trinajstić information content (AvgIpc) is 2.89. The predicted octanol–water partition coefficient (Wildman–Crippen LogP) is 3.40. The molecule has 1 amide bonds. The number of carbonyl (C=O) groups excluding carboxylic acids is 1. The van der Waals surface area contributed by atoms with Crippen molar-refractivity contribution in [1.82, 2.24) is 5.32 Å². The molecule has 1 aromatic heterocycles. The minimum Gasteiger partial charge on any atom is -0.469 e. The maximum Gasteiger partial charge on any atom is 0.251 e. The molecule has 1 unspecified atom stereocenters. The first-order valence-corrected chi connectivity index (χ1v) is 6.68. The van der Waals surface area contributed by atoms with Gasteiger partial charge in [0.25, 0.3) is 5.91 Å². The molecule has 3 nitrogen and oxygen atoms in total. The number of hydrogen-bond donors (Lipinski definition) is 1. The third-order valence-corrected chi connectivity index (χ3v) is 3.67. The Morgan fingerprint density at radius 1 is 1.26 bits per heavy atom. The van der Waals surface area contributed by atoms with Gasteiger partial charge in [-0.15, -0.1) is 0 Å². The zero-order valence-electron chi connectivity index (χ0n) is 11.0. The van der Waals surface area contributed by atoms with E-state index < -0.39 is 0 Å². The number of aryl methyl sites for hydroxylation is 2. The Kier molecular flexibility index (Phi) is 3.11. The molecular weight excluding hydrogens is 238 g/mol. The van der Waals surface area contributed by atoms with Gasteiger partial charge in [0.05, 0.1) is 12.3 Å². The zero-order valence-corrected chi connectivity index (χ0v) is 11.0. The Balaban J connectivity index is 1.76. The highest BCUT2D eigenvalue weighted by atomic mass is 16.3. The molecule has 1 aromatic carbocycles. The number of fused-ring (bicyclic) bond motifs is 1. The van der Waals surface area contributed by atoms with E-state index in [0.29, 0.717) is 5.56 Å². The fourth-order valence-electron chi connectivity index (χ4n) is 2.58. The molecule has 0 bridgehead atoms. The number of furan rings is 1. The first-order valence-electron chi connectivity index (χ1n) is 6.68. The van der Waals surface area contributed by atoms with Crippen molar-refractivity contribution in [2.45, 2.75) is 32.2 Å². The van der Waals surface area contributed by atoms with E-state index in [-0.39, 0.29) is 11.9 Å². The smallest absolute Gasteiger partial charge is 0.251 e. The SMILES string of the molecule is Cc1ccc(C(=O)NC2CCCc3occc32)cc1. The lowest BCUT2D eigenvalue weighted by Gasteiger charge is -2.22. The molecule has 1 aliphatic rings. The Bertz CT molecular complexity index is 583. The number of carbonyl (C=O) groups is 1. The van der Waals surface area contributed by atoms with Gasteiger partial charge in [0, 0.05) is 17.5 Å². The summed E-state index contributed by atoms with van der Waals surface area (Å²) in [6.45, 7) is 2.01. The van der Waals surface area contributed by atoms with E-state index in [1.165, 1.54) is 0 Å². The summed E-state index contributed by atoms with van der Waals surface area (Å²) in [5, 5.41) is 3.10. The summed E-state index contributed by atoms with van der Waals surface area (Å²) in [7, 11) is 0. The standard InChI is InChI=1S/C16H17NO2/c1-11-5-7-12(8-6-11)16(18)17-14-3-2-4-15-13(14)9-10-19-15/h5-10,14H,2-4H2,1H3,(H,17,18). The average molecular weight is 255 g/mol. The van der Waals surface area contributed by atoms with Crippen molar-refractivity contribution in [2.24, 2.45) is 0 Å². The van der Waals surface area contributed by atoms with Crippen LogP contribution in [0.3, 0.4) is 0 Å². The molecule has 19 heavy (non-hydrogen) atoms. The number of nitrogens with one attached hydrogen (secondary N) is 1. The third-order valence-electron chi connectivity index (χ3n) is 3.67. The largest absolute Gasteiger partial charge is 0.469 e. The maximum atomic E-state index is 12.2. The molecule has 0 saturated carbocycles. The minimum atomic E-state index is -0.0148. The highest BCUT2D eigenvalue weighted by Gasteiger charge is 2.24. The maximum absolute atomic E-state index is 12.2. The number of benzene rings is 1. The lowest BCUT2D eigenvalue weighted by Crippen LogP contribution is -2.30. The molecule has 0 fully saturated rings. The van der Waals surface area contributed by atoms with Crippen LogP contribution in [0.5, 0.6) is 0 Å². The van der Waals surface area contributed by atoms with Crippen molar-refractivity contribution < 1.29 is 9.21 Å². The molecule has 2 aromatic rings. The first kappa shape index (κ1) is 12.0.